The maximum Gasteiger partial charge on any atom is 0.223 e. The van der Waals surface area contributed by atoms with Crippen molar-refractivity contribution in [3.8, 4) is 0 Å². The standard InChI is InChI=1S/C10H18N2O2S/c1-10(2,9(11)15)12-8(13)6-7-4-3-5-14-7/h7H,3-6H2,1-2H3,(H2,11,15)(H,12,13). The minimum atomic E-state index is -0.620. The first kappa shape index (κ1) is 12.4. The highest BCUT2D eigenvalue weighted by Crippen LogP contribution is 2.15. The van der Waals surface area contributed by atoms with Crippen LogP contribution in [0.3, 0.4) is 0 Å². The van der Waals surface area contributed by atoms with Gasteiger partial charge in [-0.15, -0.1) is 0 Å². The van der Waals surface area contributed by atoms with Crippen molar-refractivity contribution >= 4 is 23.1 Å². The third-order valence-corrected chi connectivity index (χ3v) is 3.02. The highest BCUT2D eigenvalue weighted by molar-refractivity contribution is 7.80. The van der Waals surface area contributed by atoms with E-state index in [1.807, 2.05) is 0 Å². The Bertz CT molecular complexity index is 260. The fourth-order valence-electron chi connectivity index (χ4n) is 1.47. The highest BCUT2D eigenvalue weighted by atomic mass is 32.1. The summed E-state index contributed by atoms with van der Waals surface area (Å²) >= 11 is 4.86. The molecule has 1 heterocycles. The van der Waals surface area contributed by atoms with E-state index in [9.17, 15) is 4.79 Å². The van der Waals surface area contributed by atoms with E-state index in [0.717, 1.165) is 19.4 Å². The lowest BCUT2D eigenvalue weighted by molar-refractivity contribution is -0.124. The van der Waals surface area contributed by atoms with Crippen molar-refractivity contribution < 1.29 is 9.53 Å². The van der Waals surface area contributed by atoms with Gasteiger partial charge in [-0.25, -0.2) is 0 Å². The molecule has 4 nitrogen and oxygen atoms in total. The molecule has 1 rings (SSSR count). The van der Waals surface area contributed by atoms with Gasteiger partial charge in [-0.1, -0.05) is 12.2 Å². The minimum absolute atomic E-state index is 0.0558. The SMILES string of the molecule is CC(C)(NC(=O)CC1CCCO1)C(N)=S. The lowest BCUT2D eigenvalue weighted by Crippen LogP contribution is -2.52. The Balaban J connectivity index is 2.38. The molecule has 15 heavy (non-hydrogen) atoms. The van der Waals surface area contributed by atoms with Crippen LogP contribution in [0.5, 0.6) is 0 Å². The molecule has 1 atom stereocenters. The van der Waals surface area contributed by atoms with Gasteiger partial charge in [0, 0.05) is 6.61 Å². The van der Waals surface area contributed by atoms with Crippen LogP contribution in [-0.2, 0) is 9.53 Å². The number of carbonyl (C=O) groups excluding carboxylic acids is 1. The summed E-state index contributed by atoms with van der Waals surface area (Å²) in [6.07, 6.45) is 2.45. The molecule has 1 aliphatic heterocycles. The summed E-state index contributed by atoms with van der Waals surface area (Å²) in [6.45, 7) is 4.35. The van der Waals surface area contributed by atoms with Crippen molar-refractivity contribution in [1.82, 2.24) is 5.32 Å². The van der Waals surface area contributed by atoms with Crippen LogP contribution < -0.4 is 11.1 Å². The van der Waals surface area contributed by atoms with E-state index < -0.39 is 5.54 Å². The van der Waals surface area contributed by atoms with Crippen molar-refractivity contribution in [2.45, 2.75) is 44.8 Å². The molecule has 0 aromatic carbocycles. The molecule has 0 saturated carbocycles. The largest absolute Gasteiger partial charge is 0.391 e. The minimum Gasteiger partial charge on any atom is -0.391 e. The Kier molecular flexibility index (Phi) is 4.04. The predicted molar refractivity (Wildman–Crippen MR) is 62.6 cm³/mol. The molecule has 1 aliphatic rings. The topological polar surface area (TPSA) is 64.3 Å². The molecule has 0 aromatic heterocycles. The summed E-state index contributed by atoms with van der Waals surface area (Å²) in [5, 5.41) is 2.80. The monoisotopic (exact) mass is 230 g/mol. The van der Waals surface area contributed by atoms with Crippen molar-refractivity contribution in [3.63, 3.8) is 0 Å². The smallest absolute Gasteiger partial charge is 0.223 e. The number of nitrogens with two attached hydrogens (primary N) is 1. The molecule has 86 valence electrons. The summed E-state index contributed by atoms with van der Waals surface area (Å²) in [6, 6.07) is 0. The van der Waals surface area contributed by atoms with Crippen LogP contribution in [0, 0.1) is 0 Å². The van der Waals surface area contributed by atoms with E-state index in [0.29, 0.717) is 11.4 Å². The summed E-state index contributed by atoms with van der Waals surface area (Å²) in [7, 11) is 0. The van der Waals surface area contributed by atoms with Crippen LogP contribution in [0.2, 0.25) is 0 Å². The van der Waals surface area contributed by atoms with Gasteiger partial charge in [0.25, 0.3) is 0 Å². The molecule has 1 unspecified atom stereocenters. The van der Waals surface area contributed by atoms with Crippen molar-refractivity contribution in [2.75, 3.05) is 6.61 Å². The fourth-order valence-corrected chi connectivity index (χ4v) is 1.52. The third-order valence-electron chi connectivity index (χ3n) is 2.50. The fraction of sp³-hybridized carbons (Fsp3) is 0.800. The normalized spacial score (nSPS) is 21.3. The molecule has 0 aliphatic carbocycles. The zero-order valence-electron chi connectivity index (χ0n) is 9.21. The Labute approximate surface area is 95.5 Å². The molecule has 1 saturated heterocycles. The molecular weight excluding hydrogens is 212 g/mol. The summed E-state index contributed by atoms with van der Waals surface area (Å²) in [4.78, 5) is 11.9. The van der Waals surface area contributed by atoms with Crippen LogP contribution in [0.1, 0.15) is 33.1 Å². The molecule has 0 spiro atoms. The number of thiocarbonyl (C=S) groups is 1. The maximum atomic E-state index is 11.6. The first-order valence-corrected chi connectivity index (χ1v) is 5.55. The first-order chi connectivity index (χ1) is 6.92. The Morgan fingerprint density at radius 1 is 1.67 bits per heavy atom. The Morgan fingerprint density at radius 2 is 2.33 bits per heavy atom. The number of hydrogen-bond acceptors (Lipinski definition) is 3. The molecule has 5 heteroatoms. The lowest BCUT2D eigenvalue weighted by atomic mass is 10.1. The number of nitrogens with one attached hydrogen (secondary N) is 1. The second-order valence-corrected chi connectivity index (χ2v) is 4.82. The summed E-state index contributed by atoms with van der Waals surface area (Å²) in [5.74, 6) is -0.0558. The summed E-state index contributed by atoms with van der Waals surface area (Å²) in [5.41, 5.74) is 4.89. The Hall–Kier alpha value is -0.680. The van der Waals surface area contributed by atoms with Crippen LogP contribution in [0.25, 0.3) is 0 Å². The second kappa shape index (κ2) is 4.90. The predicted octanol–water partition coefficient (Wildman–Crippen LogP) is 0.736. The number of hydrogen-bond donors (Lipinski definition) is 2. The molecule has 1 amide bonds. The van der Waals surface area contributed by atoms with Gasteiger partial charge in [0.2, 0.25) is 5.91 Å². The van der Waals surface area contributed by atoms with Crippen LogP contribution >= 0.6 is 12.2 Å². The average molecular weight is 230 g/mol. The number of carbonyl (C=O) groups is 1. The van der Waals surface area contributed by atoms with E-state index in [4.69, 9.17) is 22.7 Å². The van der Waals surface area contributed by atoms with Gasteiger partial charge in [0.15, 0.2) is 0 Å². The third kappa shape index (κ3) is 3.76. The van der Waals surface area contributed by atoms with Crippen molar-refractivity contribution in [2.24, 2.45) is 5.73 Å². The van der Waals surface area contributed by atoms with Gasteiger partial charge in [-0.2, -0.15) is 0 Å². The second-order valence-electron chi connectivity index (χ2n) is 4.38. The average Bonchev–Trinajstić information content (AvgIpc) is 2.54. The van der Waals surface area contributed by atoms with Gasteiger partial charge in [0.1, 0.15) is 0 Å². The highest BCUT2D eigenvalue weighted by Gasteiger charge is 2.26. The van der Waals surface area contributed by atoms with Gasteiger partial charge < -0.3 is 15.8 Å². The lowest BCUT2D eigenvalue weighted by Gasteiger charge is -2.25. The summed E-state index contributed by atoms with van der Waals surface area (Å²) < 4.78 is 5.37. The molecule has 3 N–H and O–H groups in total. The van der Waals surface area contributed by atoms with Gasteiger partial charge in [0.05, 0.1) is 23.1 Å². The van der Waals surface area contributed by atoms with E-state index in [1.165, 1.54) is 0 Å². The Morgan fingerprint density at radius 3 is 2.80 bits per heavy atom. The number of rotatable bonds is 4. The zero-order chi connectivity index (χ0) is 11.5. The van der Waals surface area contributed by atoms with E-state index in [-0.39, 0.29) is 12.0 Å². The van der Waals surface area contributed by atoms with Crippen LogP contribution in [0.15, 0.2) is 0 Å². The van der Waals surface area contributed by atoms with Gasteiger partial charge in [-0.3, -0.25) is 4.79 Å². The molecular formula is C10H18N2O2S. The first-order valence-electron chi connectivity index (χ1n) is 5.14. The van der Waals surface area contributed by atoms with Crippen molar-refractivity contribution in [3.05, 3.63) is 0 Å². The molecule has 1 fully saturated rings. The molecule has 0 aromatic rings. The van der Waals surface area contributed by atoms with Crippen LogP contribution in [-0.4, -0.2) is 29.1 Å². The van der Waals surface area contributed by atoms with Crippen molar-refractivity contribution in [1.29, 1.82) is 0 Å². The quantitative estimate of drug-likeness (QED) is 0.699. The van der Waals surface area contributed by atoms with Crippen LogP contribution in [0.4, 0.5) is 0 Å². The molecule has 0 bridgehead atoms. The zero-order valence-corrected chi connectivity index (χ0v) is 10.0. The van der Waals surface area contributed by atoms with Gasteiger partial charge >= 0.3 is 0 Å². The van der Waals surface area contributed by atoms with Gasteiger partial charge in [-0.05, 0) is 26.7 Å². The maximum absolute atomic E-state index is 11.6. The number of ether oxygens (including phenoxy) is 1. The van der Waals surface area contributed by atoms with E-state index in [1.54, 1.807) is 13.8 Å². The molecule has 0 radical (unpaired) electrons. The van der Waals surface area contributed by atoms with E-state index >= 15 is 0 Å². The van der Waals surface area contributed by atoms with E-state index in [2.05, 4.69) is 5.32 Å². The number of amides is 1.